The normalized spacial score (nSPS) is 30.6. The smallest absolute Gasteiger partial charge is 0.0268 e. The zero-order valence-electron chi connectivity index (χ0n) is 63.8. The summed E-state index contributed by atoms with van der Waals surface area (Å²) in [6, 6.07) is 0. The molecule has 7 atom stereocenters. The van der Waals surface area contributed by atoms with Crippen molar-refractivity contribution >= 4 is 0 Å². The molecule has 0 aromatic rings. The highest BCUT2D eigenvalue weighted by atomic mass is 14.6. The van der Waals surface area contributed by atoms with Gasteiger partial charge in [-0.3, -0.25) is 0 Å². The van der Waals surface area contributed by atoms with Crippen molar-refractivity contribution < 1.29 is 0 Å². The Labute approximate surface area is 532 Å². The predicted molar refractivity (Wildman–Crippen MR) is 386 cm³/mol. The van der Waals surface area contributed by atoms with E-state index < -0.39 is 0 Å². The molecule has 11 aliphatic rings. The quantitative estimate of drug-likeness (QED) is 0.143. The number of hydrogen-bond acceptors (Lipinski definition) is 0. The average Bonchev–Trinajstić information content (AvgIpc) is 4.12. The van der Waals surface area contributed by atoms with E-state index in [1.165, 1.54) is 218 Å². The summed E-state index contributed by atoms with van der Waals surface area (Å²) in [5.74, 6) is 15.5. The molecule has 1 spiro atoms. The van der Waals surface area contributed by atoms with Crippen LogP contribution in [0.3, 0.4) is 0 Å². The van der Waals surface area contributed by atoms with Crippen molar-refractivity contribution in [2.45, 2.75) is 425 Å². The van der Waals surface area contributed by atoms with Crippen LogP contribution in [0.4, 0.5) is 0 Å². The molecule has 11 fully saturated rings. The summed E-state index contributed by atoms with van der Waals surface area (Å²) in [6.45, 7) is 62.1. The van der Waals surface area contributed by atoms with Crippen molar-refractivity contribution in [1.29, 1.82) is 0 Å². The molecule has 0 aliphatic heterocycles. The molecule has 0 aromatic heterocycles. The second-order valence-electron chi connectivity index (χ2n) is 33.8. The summed E-state index contributed by atoms with van der Waals surface area (Å²) in [5, 5.41) is 0. The van der Waals surface area contributed by atoms with E-state index in [-0.39, 0.29) is 0 Å². The Morgan fingerprint density at radius 1 is 0.398 bits per heavy atom. The highest BCUT2D eigenvalue weighted by Crippen LogP contribution is 2.70. The maximum atomic E-state index is 2.37. The Bertz CT molecular complexity index is 1300. The first kappa shape index (κ1) is 85.1. The Balaban J connectivity index is 0. The minimum Gasteiger partial charge on any atom is -0.0654 e. The fourth-order valence-electron chi connectivity index (χ4n) is 12.4. The third-order valence-electron chi connectivity index (χ3n) is 24.0. The molecule has 0 heteroatoms. The van der Waals surface area contributed by atoms with Crippen molar-refractivity contribution in [2.75, 3.05) is 0 Å². The SMILES string of the molecule is CC1(C)CCC1.CC1C(C)C1C.CC1CC(C)C1.CC1CC1(C)C.CC1CCCC1.CC1CC[C@H]1C.CCC1(CC)CC1.CCC1CC1C.CCC1CCC1.CCCCCC(C)C.CCCCCCC.CCC[C@H](C)CC.C[C@H]1CC12CC2. The standard InChI is InChI=1S/C8H18.C7H14.2C7H16.C6H10.8C6H12/c1-4-5-6-7-8(2)3;1-3-7(4-2)5-6-7;1-4-6-7(3)5-2;1-3-5-7-6-4-2;1-5-4-6(5)2-3-6;1-5-4-6(5,2)3;1-5-3-6(2)4-5;1-6(2)4-3-5-6;1-5-3-4-6(5)2;1-4-5(2)6(4)3;1-6-4-2-3-5-6;1-3-6-4-5(6)2;1-2-6-4-3-5-6/h8H,4-7H2,1-3H3;3-6H2,1-2H3;7H,4-6H2,1-3H3;3-7H2,1-2H3;5H,2-4H2,1H3;5H,4H2,1-3H3;5-6H,3-4H2,1-2H3;3-5H2,1-2H3;5-6H,3-4H2,1-2H3;4-6H,1-3H3;6H,2-5H2,1H3;5-6H,3-4H2,1-2H3;6H,2-5H2,1H3/t;;7-;;5-;;;;5-,6?;;;;/m..1.0...1..../s1. The van der Waals surface area contributed by atoms with Crippen LogP contribution >= 0.6 is 0 Å². The van der Waals surface area contributed by atoms with Crippen molar-refractivity contribution in [3.8, 4) is 0 Å². The molecule has 0 nitrogen and oxygen atoms in total. The lowest BCUT2D eigenvalue weighted by molar-refractivity contribution is 0.190. The van der Waals surface area contributed by atoms with Crippen LogP contribution in [-0.4, -0.2) is 0 Å². The lowest BCUT2D eigenvalue weighted by Gasteiger charge is -2.33. The molecule has 11 saturated carbocycles. The minimum absolute atomic E-state index is 0.708. The van der Waals surface area contributed by atoms with E-state index >= 15 is 0 Å². The molecular formula is C83H170. The van der Waals surface area contributed by atoms with Crippen LogP contribution in [-0.2, 0) is 0 Å². The fraction of sp³-hybridized carbons (Fsp3) is 1.00. The minimum atomic E-state index is 0.708. The topological polar surface area (TPSA) is 0 Å². The molecule has 0 heterocycles. The monoisotopic (exact) mass is 1170 g/mol. The molecular weight excluding hydrogens is 997 g/mol. The second-order valence-corrected chi connectivity index (χ2v) is 33.8. The van der Waals surface area contributed by atoms with Crippen LogP contribution in [0.25, 0.3) is 0 Å². The van der Waals surface area contributed by atoms with Crippen molar-refractivity contribution in [1.82, 2.24) is 0 Å². The first-order chi connectivity index (χ1) is 39.0. The van der Waals surface area contributed by atoms with Gasteiger partial charge in [0.25, 0.3) is 0 Å². The third-order valence-corrected chi connectivity index (χ3v) is 24.0. The van der Waals surface area contributed by atoms with Gasteiger partial charge in [-0.25, -0.2) is 0 Å². The lowest BCUT2D eigenvalue weighted by Crippen LogP contribution is -2.20. The second kappa shape index (κ2) is 47.9. The van der Waals surface area contributed by atoms with E-state index in [9.17, 15) is 0 Å². The van der Waals surface area contributed by atoms with Crippen molar-refractivity contribution in [2.24, 2.45) is 110 Å². The van der Waals surface area contributed by atoms with E-state index in [0.29, 0.717) is 5.41 Å². The molecule has 11 aliphatic carbocycles. The van der Waals surface area contributed by atoms with Crippen LogP contribution in [0.5, 0.6) is 0 Å². The molecule has 4 unspecified atom stereocenters. The maximum Gasteiger partial charge on any atom is -0.0268 e. The van der Waals surface area contributed by atoms with Gasteiger partial charge in [-0.15, -0.1) is 0 Å². The Hall–Kier alpha value is 0. The van der Waals surface area contributed by atoms with Gasteiger partial charge in [-0.1, -0.05) is 354 Å². The molecule has 11 rings (SSSR count). The van der Waals surface area contributed by atoms with E-state index in [1.807, 2.05) is 0 Å². The molecule has 502 valence electrons. The van der Waals surface area contributed by atoms with E-state index in [2.05, 4.69) is 187 Å². The summed E-state index contributed by atoms with van der Waals surface area (Å²) in [6.07, 6.45) is 53.6. The van der Waals surface area contributed by atoms with E-state index in [4.69, 9.17) is 0 Å². The van der Waals surface area contributed by atoms with Gasteiger partial charge in [-0.05, 0) is 181 Å². The van der Waals surface area contributed by atoms with Gasteiger partial charge in [-0.2, -0.15) is 0 Å². The van der Waals surface area contributed by atoms with Crippen molar-refractivity contribution in [3.05, 3.63) is 0 Å². The molecule has 0 radical (unpaired) electrons. The van der Waals surface area contributed by atoms with Gasteiger partial charge in [0.05, 0.1) is 0 Å². The largest absolute Gasteiger partial charge is 0.0654 e. The zero-order valence-corrected chi connectivity index (χ0v) is 63.8. The first-order valence-corrected chi connectivity index (χ1v) is 39.0. The highest BCUT2D eigenvalue weighted by Gasteiger charge is 2.59. The van der Waals surface area contributed by atoms with Gasteiger partial charge in [0.1, 0.15) is 0 Å². The maximum absolute atomic E-state index is 2.37. The summed E-state index contributed by atoms with van der Waals surface area (Å²) in [5.41, 5.74) is 3.22. The average molecular weight is 1170 g/mol. The number of hydrogen-bond donors (Lipinski definition) is 0. The summed E-state index contributed by atoms with van der Waals surface area (Å²) >= 11 is 0. The molecule has 0 saturated heterocycles. The van der Waals surface area contributed by atoms with Gasteiger partial charge in [0.15, 0.2) is 0 Å². The van der Waals surface area contributed by atoms with Gasteiger partial charge in [0, 0.05) is 0 Å². The molecule has 0 bridgehead atoms. The Morgan fingerprint density at radius 2 is 0.807 bits per heavy atom. The highest BCUT2D eigenvalue weighted by molar-refractivity contribution is 5.10. The molecule has 0 aromatic carbocycles. The molecule has 0 N–H and O–H groups in total. The lowest BCUT2D eigenvalue weighted by atomic mass is 9.72. The molecule has 0 amide bonds. The predicted octanol–water partition coefficient (Wildman–Crippen LogP) is 30.1. The van der Waals surface area contributed by atoms with Crippen LogP contribution < -0.4 is 0 Å². The summed E-state index contributed by atoms with van der Waals surface area (Å²) in [7, 11) is 0. The van der Waals surface area contributed by atoms with Crippen LogP contribution in [0.2, 0.25) is 0 Å². The van der Waals surface area contributed by atoms with Crippen LogP contribution in [0.15, 0.2) is 0 Å². The zero-order chi connectivity index (χ0) is 63.8. The summed E-state index contributed by atoms with van der Waals surface area (Å²) < 4.78 is 0. The van der Waals surface area contributed by atoms with Gasteiger partial charge >= 0.3 is 0 Å². The van der Waals surface area contributed by atoms with Gasteiger partial charge in [0.2, 0.25) is 0 Å². The molecule has 83 heavy (non-hydrogen) atoms. The van der Waals surface area contributed by atoms with Crippen LogP contribution in [0, 0.1) is 110 Å². The third kappa shape index (κ3) is 46.7. The van der Waals surface area contributed by atoms with Crippen LogP contribution in [0.1, 0.15) is 425 Å². The Morgan fingerprint density at radius 3 is 0.892 bits per heavy atom. The Kier molecular flexibility index (Phi) is 49.1. The van der Waals surface area contributed by atoms with Crippen molar-refractivity contribution in [3.63, 3.8) is 0 Å². The fourth-order valence-corrected chi connectivity index (χ4v) is 12.4. The number of rotatable bonds is 15. The first-order valence-electron chi connectivity index (χ1n) is 39.0. The van der Waals surface area contributed by atoms with Gasteiger partial charge < -0.3 is 0 Å². The van der Waals surface area contributed by atoms with E-state index in [1.54, 1.807) is 19.3 Å². The number of unbranched alkanes of at least 4 members (excludes halogenated alkanes) is 6. The van der Waals surface area contributed by atoms with E-state index in [0.717, 1.165) is 105 Å². The summed E-state index contributed by atoms with van der Waals surface area (Å²) in [4.78, 5) is 0.